The molecule has 0 heterocycles. The average Bonchev–Trinajstić information content (AvgIpc) is 2.34. The number of benzene rings is 1. The van der Waals surface area contributed by atoms with Gasteiger partial charge in [-0.25, -0.2) is 4.39 Å². The lowest BCUT2D eigenvalue weighted by Crippen LogP contribution is -2.40. The van der Waals surface area contributed by atoms with Crippen molar-refractivity contribution in [3.8, 4) is 0 Å². The maximum Gasteiger partial charge on any atom is 0.419 e. The molecule has 22 heavy (non-hydrogen) atoms. The van der Waals surface area contributed by atoms with E-state index >= 15 is 0 Å². The molecule has 0 saturated heterocycles. The maximum atomic E-state index is 13.4. The fourth-order valence-corrected chi connectivity index (χ4v) is 2.70. The van der Waals surface area contributed by atoms with Crippen LogP contribution >= 0.6 is 0 Å². The number of allylic oxidation sites excluding steroid dienone is 1. The Morgan fingerprint density at radius 3 is 2.09 bits per heavy atom. The van der Waals surface area contributed by atoms with Crippen LogP contribution in [-0.4, -0.2) is 8.32 Å². The van der Waals surface area contributed by atoms with Gasteiger partial charge < -0.3 is 4.43 Å². The van der Waals surface area contributed by atoms with E-state index in [0.717, 1.165) is 12.1 Å². The molecule has 0 saturated carbocycles. The molecule has 1 rings (SSSR count). The summed E-state index contributed by atoms with van der Waals surface area (Å²) in [6.45, 7) is 11.8. The number of rotatable bonds is 3. The summed E-state index contributed by atoms with van der Waals surface area (Å²) in [4.78, 5) is 0. The molecule has 0 aliphatic carbocycles. The Labute approximate surface area is 130 Å². The van der Waals surface area contributed by atoms with Gasteiger partial charge in [0.05, 0.1) is 5.56 Å². The second-order valence-electron chi connectivity index (χ2n) is 6.71. The summed E-state index contributed by atoms with van der Waals surface area (Å²) in [6, 6.07) is 2.95. The van der Waals surface area contributed by atoms with Crippen LogP contribution in [0.3, 0.4) is 0 Å². The van der Waals surface area contributed by atoms with Crippen molar-refractivity contribution < 1.29 is 22.0 Å². The van der Waals surface area contributed by atoms with Gasteiger partial charge in [0.15, 0.2) is 0 Å². The molecular weight excluding hydrogens is 312 g/mol. The fraction of sp³-hybridized carbons (Fsp3) is 0.500. The maximum absolute atomic E-state index is 13.4. The molecule has 0 aromatic heterocycles. The highest BCUT2D eigenvalue weighted by atomic mass is 28.4. The van der Waals surface area contributed by atoms with Crippen LogP contribution in [0, 0.1) is 5.82 Å². The van der Waals surface area contributed by atoms with Gasteiger partial charge in [-0.05, 0) is 49.3 Å². The van der Waals surface area contributed by atoms with Gasteiger partial charge in [0, 0.05) is 5.56 Å². The molecule has 0 unspecified atom stereocenters. The van der Waals surface area contributed by atoms with Gasteiger partial charge in [0.2, 0.25) is 8.32 Å². The minimum atomic E-state index is -4.73. The van der Waals surface area contributed by atoms with E-state index in [4.69, 9.17) is 4.43 Å². The Balaban J connectivity index is 3.24. The SMILES string of the molecule is C/C=C(/O[Si](C)(C)C(C)(C)C)c1ccc(F)c(C(F)(F)F)c1. The van der Waals surface area contributed by atoms with E-state index in [1.807, 2.05) is 33.9 Å². The average molecular weight is 334 g/mol. The van der Waals surface area contributed by atoms with E-state index in [2.05, 4.69) is 0 Å². The van der Waals surface area contributed by atoms with E-state index in [1.54, 1.807) is 13.0 Å². The molecule has 0 aliphatic heterocycles. The summed E-state index contributed by atoms with van der Waals surface area (Å²) in [7, 11) is -2.19. The summed E-state index contributed by atoms with van der Waals surface area (Å²) in [5.41, 5.74) is -1.04. The Bertz CT molecular complexity index is 568. The first-order valence-corrected chi connectivity index (χ1v) is 9.93. The van der Waals surface area contributed by atoms with Crippen molar-refractivity contribution in [1.29, 1.82) is 0 Å². The molecule has 0 aliphatic rings. The molecule has 1 aromatic carbocycles. The lowest BCUT2D eigenvalue weighted by Gasteiger charge is -2.37. The van der Waals surface area contributed by atoms with Gasteiger partial charge in [-0.1, -0.05) is 20.8 Å². The number of hydrogen-bond acceptors (Lipinski definition) is 1. The van der Waals surface area contributed by atoms with Gasteiger partial charge in [-0.15, -0.1) is 0 Å². The van der Waals surface area contributed by atoms with Crippen LogP contribution in [0.15, 0.2) is 24.3 Å². The van der Waals surface area contributed by atoms with Crippen molar-refractivity contribution in [2.75, 3.05) is 0 Å². The predicted molar refractivity (Wildman–Crippen MR) is 83.3 cm³/mol. The fourth-order valence-electron chi connectivity index (χ4n) is 1.61. The molecule has 0 fully saturated rings. The zero-order valence-electron chi connectivity index (χ0n) is 13.7. The second kappa shape index (κ2) is 6.06. The van der Waals surface area contributed by atoms with Gasteiger partial charge >= 0.3 is 6.18 Å². The van der Waals surface area contributed by atoms with Gasteiger partial charge in [0.25, 0.3) is 0 Å². The van der Waals surface area contributed by atoms with Crippen molar-refractivity contribution in [2.45, 2.75) is 52.0 Å². The van der Waals surface area contributed by atoms with Crippen LogP contribution in [-0.2, 0) is 10.6 Å². The third kappa shape index (κ3) is 4.12. The van der Waals surface area contributed by atoms with E-state index in [9.17, 15) is 17.6 Å². The van der Waals surface area contributed by atoms with Crippen LogP contribution in [0.4, 0.5) is 17.6 Å². The normalized spacial score (nSPS) is 14.2. The topological polar surface area (TPSA) is 9.23 Å². The van der Waals surface area contributed by atoms with Crippen LogP contribution in [0.1, 0.15) is 38.8 Å². The smallest absolute Gasteiger partial charge is 0.419 e. The largest absolute Gasteiger partial charge is 0.543 e. The molecular formula is C16H22F4OSi. The Morgan fingerprint density at radius 2 is 1.68 bits per heavy atom. The Morgan fingerprint density at radius 1 is 1.14 bits per heavy atom. The van der Waals surface area contributed by atoms with Crippen molar-refractivity contribution in [3.05, 3.63) is 41.2 Å². The highest BCUT2D eigenvalue weighted by Gasteiger charge is 2.40. The zero-order valence-corrected chi connectivity index (χ0v) is 14.7. The zero-order chi connectivity index (χ0) is 17.3. The molecule has 0 amide bonds. The Kier molecular flexibility index (Phi) is 5.17. The first-order chi connectivity index (χ1) is 9.79. The van der Waals surface area contributed by atoms with Gasteiger partial charge in [-0.3, -0.25) is 0 Å². The summed E-state index contributed by atoms with van der Waals surface area (Å²) >= 11 is 0. The molecule has 1 aromatic rings. The van der Waals surface area contributed by atoms with E-state index in [0.29, 0.717) is 5.76 Å². The molecule has 0 radical (unpaired) electrons. The quantitative estimate of drug-likeness (QED) is 0.362. The van der Waals surface area contributed by atoms with Crippen LogP contribution in [0.2, 0.25) is 18.1 Å². The molecule has 1 nitrogen and oxygen atoms in total. The predicted octanol–water partition coefficient (Wildman–Crippen LogP) is 6.23. The van der Waals surface area contributed by atoms with Crippen LogP contribution in [0.25, 0.3) is 5.76 Å². The Hall–Kier alpha value is -1.30. The lowest BCUT2D eigenvalue weighted by molar-refractivity contribution is -0.140. The van der Waals surface area contributed by atoms with Gasteiger partial charge in [-0.2, -0.15) is 13.2 Å². The van der Waals surface area contributed by atoms with Crippen molar-refractivity contribution >= 4 is 14.1 Å². The minimum absolute atomic E-state index is 0.0891. The molecule has 6 heteroatoms. The number of halogens is 4. The first kappa shape index (κ1) is 18.7. The summed E-state index contributed by atoms with van der Waals surface area (Å²) in [5, 5.41) is -0.0891. The third-order valence-electron chi connectivity index (χ3n) is 3.99. The van der Waals surface area contributed by atoms with Crippen LogP contribution < -0.4 is 0 Å². The van der Waals surface area contributed by atoms with Crippen LogP contribution in [0.5, 0.6) is 0 Å². The van der Waals surface area contributed by atoms with E-state index < -0.39 is 25.9 Å². The van der Waals surface area contributed by atoms with Crippen molar-refractivity contribution in [3.63, 3.8) is 0 Å². The highest BCUT2D eigenvalue weighted by molar-refractivity contribution is 6.74. The van der Waals surface area contributed by atoms with Crippen molar-refractivity contribution in [2.24, 2.45) is 0 Å². The standard InChI is InChI=1S/C16H22F4OSi/c1-7-14(21-22(5,6)15(2,3)4)11-8-9-13(17)12(10-11)16(18,19)20/h7-10H,1-6H3/b14-7+. The number of alkyl halides is 3. The monoisotopic (exact) mass is 334 g/mol. The summed E-state index contributed by atoms with van der Waals surface area (Å²) in [5.74, 6) is -0.920. The molecule has 0 bridgehead atoms. The number of hydrogen-bond donors (Lipinski definition) is 0. The van der Waals surface area contributed by atoms with E-state index in [1.165, 1.54) is 6.07 Å². The minimum Gasteiger partial charge on any atom is -0.543 e. The van der Waals surface area contributed by atoms with Gasteiger partial charge in [0.1, 0.15) is 11.6 Å². The second-order valence-corrected chi connectivity index (χ2v) is 11.4. The molecule has 0 atom stereocenters. The molecule has 124 valence electrons. The molecule has 0 N–H and O–H groups in total. The summed E-state index contributed by atoms with van der Waals surface area (Å²) in [6.07, 6.45) is -3.11. The summed E-state index contributed by atoms with van der Waals surface area (Å²) < 4.78 is 57.9. The molecule has 0 spiro atoms. The first-order valence-electron chi connectivity index (χ1n) is 7.02. The third-order valence-corrected chi connectivity index (χ3v) is 8.33. The highest BCUT2D eigenvalue weighted by Crippen LogP contribution is 2.40. The van der Waals surface area contributed by atoms with E-state index in [-0.39, 0.29) is 10.6 Å². The lowest BCUT2D eigenvalue weighted by atomic mass is 10.1. The van der Waals surface area contributed by atoms with Crippen molar-refractivity contribution in [1.82, 2.24) is 0 Å².